The Labute approximate surface area is 193 Å². The van der Waals surface area contributed by atoms with Gasteiger partial charge in [-0.25, -0.2) is 8.78 Å². The summed E-state index contributed by atoms with van der Waals surface area (Å²) in [6.45, 7) is 2.21. The number of aromatic amines is 1. The predicted octanol–water partition coefficient (Wildman–Crippen LogP) is 3.75. The highest BCUT2D eigenvalue weighted by Crippen LogP contribution is 2.30. The fraction of sp³-hybridized carbons (Fsp3) is 0.240. The monoisotopic (exact) mass is 464 g/mol. The number of carbonyl (C=O) groups is 1. The first-order chi connectivity index (χ1) is 16.5. The number of rotatable bonds is 7. The highest BCUT2D eigenvalue weighted by atomic mass is 19.3. The number of nitrogens with zero attached hydrogens (tertiary/aromatic N) is 2. The molecule has 0 aliphatic carbocycles. The van der Waals surface area contributed by atoms with Gasteiger partial charge in [-0.3, -0.25) is 14.7 Å². The number of hydrogen-bond acceptors (Lipinski definition) is 4. The Morgan fingerprint density at radius 1 is 1.21 bits per heavy atom. The van der Waals surface area contributed by atoms with Crippen molar-refractivity contribution >= 4 is 16.7 Å². The molecule has 2 aromatic carbocycles. The summed E-state index contributed by atoms with van der Waals surface area (Å²) in [6, 6.07) is 13.9. The van der Waals surface area contributed by atoms with Gasteiger partial charge >= 0.3 is 0 Å². The van der Waals surface area contributed by atoms with Crippen LogP contribution in [0.15, 0.2) is 65.7 Å². The van der Waals surface area contributed by atoms with E-state index in [9.17, 15) is 18.4 Å². The summed E-state index contributed by atoms with van der Waals surface area (Å²) >= 11 is 0. The second kappa shape index (κ2) is 9.18. The summed E-state index contributed by atoms with van der Waals surface area (Å²) in [5.74, 6) is 0.203. The molecular weight excluding hydrogens is 442 g/mol. The summed E-state index contributed by atoms with van der Waals surface area (Å²) < 4.78 is 33.1. The van der Waals surface area contributed by atoms with Gasteiger partial charge in [0.2, 0.25) is 0 Å². The Morgan fingerprint density at radius 3 is 2.82 bits per heavy atom. The molecule has 1 amide bonds. The van der Waals surface area contributed by atoms with Crippen LogP contribution in [0.5, 0.6) is 0 Å². The van der Waals surface area contributed by atoms with Crippen LogP contribution in [0.4, 0.5) is 8.78 Å². The van der Waals surface area contributed by atoms with Crippen LogP contribution in [0.2, 0.25) is 0 Å². The number of carbonyl (C=O) groups excluding carboxylic acids is 1. The lowest BCUT2D eigenvalue weighted by Crippen LogP contribution is -2.39. The van der Waals surface area contributed by atoms with E-state index in [1.54, 1.807) is 53.2 Å². The average molecular weight is 464 g/mol. The quantitative estimate of drug-likeness (QED) is 0.436. The minimum Gasteiger partial charge on any atom is -0.381 e. The van der Waals surface area contributed by atoms with Crippen molar-refractivity contribution in [3.8, 4) is 11.1 Å². The molecule has 0 saturated carbocycles. The topological polar surface area (TPSA) is 89.0 Å². The van der Waals surface area contributed by atoms with Gasteiger partial charge in [0.15, 0.2) is 0 Å². The third kappa shape index (κ3) is 4.34. The molecule has 34 heavy (non-hydrogen) atoms. The highest BCUT2D eigenvalue weighted by Gasteiger charge is 2.19. The fourth-order valence-corrected chi connectivity index (χ4v) is 4.02. The smallest absolute Gasteiger partial charge is 0.280 e. The number of benzene rings is 2. The molecule has 1 aliphatic rings. The molecule has 2 aromatic heterocycles. The van der Waals surface area contributed by atoms with E-state index < -0.39 is 6.43 Å². The highest BCUT2D eigenvalue weighted by molar-refractivity contribution is 5.94. The summed E-state index contributed by atoms with van der Waals surface area (Å²) in [5.41, 5.74) is 1.76. The second-order valence-corrected chi connectivity index (χ2v) is 8.36. The zero-order chi connectivity index (χ0) is 23.7. The molecule has 7 nitrogen and oxygen atoms in total. The summed E-state index contributed by atoms with van der Waals surface area (Å²) in [6.07, 6.45) is 0.347. The van der Waals surface area contributed by atoms with Crippen molar-refractivity contribution < 1.29 is 18.3 Å². The molecule has 0 atom stereocenters. The average Bonchev–Trinajstić information content (AvgIpc) is 3.30. The third-order valence-electron chi connectivity index (χ3n) is 5.98. The van der Waals surface area contributed by atoms with Gasteiger partial charge in [0, 0.05) is 35.2 Å². The molecule has 1 aliphatic heterocycles. The van der Waals surface area contributed by atoms with E-state index in [1.807, 2.05) is 6.07 Å². The summed E-state index contributed by atoms with van der Waals surface area (Å²) in [7, 11) is 0. The van der Waals surface area contributed by atoms with E-state index in [0.29, 0.717) is 59.7 Å². The Hall–Kier alpha value is -3.85. The zero-order valence-electron chi connectivity index (χ0n) is 18.1. The van der Waals surface area contributed by atoms with Gasteiger partial charge in [-0.05, 0) is 46.8 Å². The van der Waals surface area contributed by atoms with Crippen LogP contribution >= 0.6 is 0 Å². The number of H-pyrrole nitrogens is 1. The van der Waals surface area contributed by atoms with Crippen molar-refractivity contribution in [1.82, 2.24) is 20.1 Å². The van der Waals surface area contributed by atoms with Crippen LogP contribution in [0, 0.1) is 5.92 Å². The van der Waals surface area contributed by atoms with Crippen LogP contribution in [-0.2, 0) is 11.3 Å². The molecule has 5 rings (SSSR count). The molecule has 0 unspecified atom stereocenters. The van der Waals surface area contributed by atoms with E-state index >= 15 is 0 Å². The molecule has 9 heteroatoms. The van der Waals surface area contributed by atoms with Crippen LogP contribution in [-0.4, -0.2) is 40.4 Å². The molecular formula is C25H22F2N4O3. The molecule has 4 aromatic rings. The number of pyridine rings is 1. The normalized spacial score (nSPS) is 13.9. The summed E-state index contributed by atoms with van der Waals surface area (Å²) in [5, 5.41) is 10.1. The van der Waals surface area contributed by atoms with Crippen LogP contribution in [0.25, 0.3) is 21.9 Å². The zero-order valence-corrected chi connectivity index (χ0v) is 18.1. The first kappa shape index (κ1) is 22.0. The van der Waals surface area contributed by atoms with E-state index in [1.165, 1.54) is 6.20 Å². The SMILES string of the molecule is O=C(NCC1COC1)c1cccc(Cn2ccc3cc(-c4cn[nH]c4C(F)F)ccc3c2=O)c1. The van der Waals surface area contributed by atoms with Gasteiger partial charge in [0.05, 0.1) is 26.0 Å². The largest absolute Gasteiger partial charge is 0.381 e. The lowest BCUT2D eigenvalue weighted by atomic mass is 10.0. The molecule has 0 radical (unpaired) electrons. The predicted molar refractivity (Wildman–Crippen MR) is 123 cm³/mol. The Bertz CT molecular complexity index is 1410. The van der Waals surface area contributed by atoms with Crippen LogP contribution in [0.3, 0.4) is 0 Å². The number of nitrogens with one attached hydrogen (secondary N) is 2. The van der Waals surface area contributed by atoms with E-state index in [0.717, 1.165) is 5.56 Å². The number of amides is 1. The van der Waals surface area contributed by atoms with Crippen molar-refractivity contribution in [3.05, 3.63) is 88.1 Å². The first-order valence-corrected chi connectivity index (χ1v) is 10.9. The molecule has 3 heterocycles. The van der Waals surface area contributed by atoms with Crippen molar-refractivity contribution in [2.24, 2.45) is 5.92 Å². The number of fused-ring (bicyclic) bond motifs is 1. The molecule has 1 saturated heterocycles. The Balaban J connectivity index is 1.37. The van der Waals surface area contributed by atoms with Gasteiger partial charge in [0.25, 0.3) is 17.9 Å². The minimum atomic E-state index is -2.67. The van der Waals surface area contributed by atoms with Gasteiger partial charge in [-0.15, -0.1) is 0 Å². The standard InChI is InChI=1S/C25H22F2N4O3/c26-23(27)22-21(11-29-30-22)17-4-5-20-18(9-17)6-7-31(25(20)33)12-15-2-1-3-19(8-15)24(32)28-10-16-13-34-14-16/h1-9,11,16,23H,10,12-14H2,(H,28,32)(H,29,30). The minimum absolute atomic E-state index is 0.158. The maximum atomic E-state index is 13.2. The van der Waals surface area contributed by atoms with Gasteiger partial charge in [-0.2, -0.15) is 5.10 Å². The first-order valence-electron chi connectivity index (χ1n) is 10.9. The Morgan fingerprint density at radius 2 is 2.06 bits per heavy atom. The maximum absolute atomic E-state index is 13.2. The molecule has 0 spiro atoms. The third-order valence-corrected chi connectivity index (χ3v) is 5.98. The number of ether oxygens (including phenoxy) is 1. The van der Waals surface area contributed by atoms with Crippen molar-refractivity contribution in [2.45, 2.75) is 13.0 Å². The lowest BCUT2D eigenvalue weighted by molar-refractivity contribution is -0.0298. The van der Waals surface area contributed by atoms with Gasteiger partial charge in [-0.1, -0.05) is 18.2 Å². The van der Waals surface area contributed by atoms with Gasteiger partial charge in [0.1, 0.15) is 5.69 Å². The van der Waals surface area contributed by atoms with E-state index in [-0.39, 0.29) is 17.2 Å². The molecule has 174 valence electrons. The Kier molecular flexibility index (Phi) is 5.93. The van der Waals surface area contributed by atoms with E-state index in [2.05, 4.69) is 15.5 Å². The number of aromatic nitrogens is 3. The number of halogens is 2. The van der Waals surface area contributed by atoms with Crippen molar-refractivity contribution in [2.75, 3.05) is 19.8 Å². The molecule has 1 fully saturated rings. The fourth-order valence-electron chi connectivity index (χ4n) is 4.02. The number of alkyl halides is 2. The van der Waals surface area contributed by atoms with Crippen LogP contribution < -0.4 is 10.9 Å². The summed E-state index contributed by atoms with van der Waals surface area (Å²) in [4.78, 5) is 25.5. The maximum Gasteiger partial charge on any atom is 0.280 e. The van der Waals surface area contributed by atoms with Gasteiger partial charge < -0.3 is 14.6 Å². The van der Waals surface area contributed by atoms with E-state index in [4.69, 9.17) is 4.74 Å². The molecule has 0 bridgehead atoms. The lowest BCUT2D eigenvalue weighted by Gasteiger charge is -2.25. The van der Waals surface area contributed by atoms with Crippen LogP contribution in [0.1, 0.15) is 28.0 Å². The second-order valence-electron chi connectivity index (χ2n) is 8.36. The number of hydrogen-bond donors (Lipinski definition) is 2. The molecule has 2 N–H and O–H groups in total. The van der Waals surface area contributed by atoms with Crippen molar-refractivity contribution in [1.29, 1.82) is 0 Å². The van der Waals surface area contributed by atoms with Crippen molar-refractivity contribution in [3.63, 3.8) is 0 Å².